The summed E-state index contributed by atoms with van der Waals surface area (Å²) in [6.45, 7) is 2.74. The Labute approximate surface area is 76.3 Å². The summed E-state index contributed by atoms with van der Waals surface area (Å²) >= 11 is 0. The third-order valence-corrected chi connectivity index (χ3v) is 2.11. The standard InChI is InChI=1S/C9H12N2O2/c1-6-5-10-8(9(12)11-6)7-3-2-4-13-7/h2-4,6,8,10H,5H2,1H3,(H,11,12)/t6-,8+/m0/s1. The lowest BCUT2D eigenvalue weighted by molar-refractivity contribution is -0.125. The van der Waals surface area contributed by atoms with Gasteiger partial charge >= 0.3 is 0 Å². The number of rotatable bonds is 1. The highest BCUT2D eigenvalue weighted by atomic mass is 16.3. The van der Waals surface area contributed by atoms with E-state index in [2.05, 4.69) is 10.6 Å². The van der Waals surface area contributed by atoms with Crippen LogP contribution in [-0.2, 0) is 4.79 Å². The van der Waals surface area contributed by atoms with Gasteiger partial charge in [0.05, 0.1) is 6.26 Å². The topological polar surface area (TPSA) is 54.3 Å². The summed E-state index contributed by atoms with van der Waals surface area (Å²) in [5.74, 6) is 0.651. The molecule has 0 spiro atoms. The lowest BCUT2D eigenvalue weighted by Crippen LogP contribution is -2.52. The fraction of sp³-hybridized carbons (Fsp3) is 0.444. The van der Waals surface area contributed by atoms with E-state index in [1.807, 2.05) is 6.92 Å². The molecule has 0 saturated carbocycles. The molecule has 1 fully saturated rings. The predicted molar refractivity (Wildman–Crippen MR) is 47.1 cm³/mol. The van der Waals surface area contributed by atoms with Crippen molar-refractivity contribution in [3.05, 3.63) is 24.2 Å². The van der Waals surface area contributed by atoms with Crippen LogP contribution >= 0.6 is 0 Å². The molecule has 2 atom stereocenters. The lowest BCUT2D eigenvalue weighted by atomic mass is 10.1. The van der Waals surface area contributed by atoms with E-state index in [-0.39, 0.29) is 18.0 Å². The monoisotopic (exact) mass is 180 g/mol. The van der Waals surface area contributed by atoms with E-state index in [0.29, 0.717) is 5.76 Å². The molecule has 0 aliphatic carbocycles. The summed E-state index contributed by atoms with van der Waals surface area (Å²) in [7, 11) is 0. The van der Waals surface area contributed by atoms with E-state index in [9.17, 15) is 4.79 Å². The summed E-state index contributed by atoms with van der Waals surface area (Å²) in [4.78, 5) is 11.5. The van der Waals surface area contributed by atoms with Crippen LogP contribution in [0.25, 0.3) is 0 Å². The van der Waals surface area contributed by atoms with E-state index >= 15 is 0 Å². The van der Waals surface area contributed by atoms with Gasteiger partial charge in [0.2, 0.25) is 5.91 Å². The van der Waals surface area contributed by atoms with Crippen LogP contribution in [0.1, 0.15) is 18.7 Å². The molecule has 0 bridgehead atoms. The van der Waals surface area contributed by atoms with Gasteiger partial charge in [-0.3, -0.25) is 10.1 Å². The third kappa shape index (κ3) is 1.58. The zero-order chi connectivity index (χ0) is 9.26. The van der Waals surface area contributed by atoms with Crippen molar-refractivity contribution in [3.8, 4) is 0 Å². The maximum absolute atomic E-state index is 11.5. The normalized spacial score (nSPS) is 28.5. The maximum Gasteiger partial charge on any atom is 0.245 e. The molecule has 70 valence electrons. The molecule has 4 nitrogen and oxygen atoms in total. The van der Waals surface area contributed by atoms with E-state index in [4.69, 9.17) is 4.42 Å². The first-order valence-corrected chi connectivity index (χ1v) is 4.34. The fourth-order valence-electron chi connectivity index (χ4n) is 1.45. The molecule has 1 saturated heterocycles. The molecule has 2 rings (SSSR count). The molecule has 2 heterocycles. The van der Waals surface area contributed by atoms with Crippen molar-refractivity contribution >= 4 is 5.91 Å². The molecule has 1 amide bonds. The van der Waals surface area contributed by atoms with Gasteiger partial charge in [0, 0.05) is 12.6 Å². The van der Waals surface area contributed by atoms with Crippen molar-refractivity contribution in [2.24, 2.45) is 0 Å². The number of piperazine rings is 1. The van der Waals surface area contributed by atoms with Gasteiger partial charge in [-0.05, 0) is 19.1 Å². The summed E-state index contributed by atoms with van der Waals surface area (Å²) in [5, 5.41) is 5.97. The average molecular weight is 180 g/mol. The average Bonchev–Trinajstić information content (AvgIpc) is 2.56. The lowest BCUT2D eigenvalue weighted by Gasteiger charge is -2.26. The highest BCUT2D eigenvalue weighted by Crippen LogP contribution is 2.15. The number of nitrogens with one attached hydrogen (secondary N) is 2. The number of hydrogen-bond donors (Lipinski definition) is 2. The molecule has 0 aromatic carbocycles. The Hall–Kier alpha value is -1.29. The SMILES string of the molecule is C[C@H]1CN[C@H](c2ccco2)C(=O)N1. The van der Waals surface area contributed by atoms with Gasteiger partial charge in [-0.2, -0.15) is 0 Å². The van der Waals surface area contributed by atoms with Crippen LogP contribution in [0.15, 0.2) is 22.8 Å². The van der Waals surface area contributed by atoms with E-state index < -0.39 is 0 Å². The summed E-state index contributed by atoms with van der Waals surface area (Å²) < 4.78 is 5.16. The number of hydrogen-bond acceptors (Lipinski definition) is 3. The molecule has 1 aromatic heterocycles. The van der Waals surface area contributed by atoms with E-state index in [1.54, 1.807) is 18.4 Å². The van der Waals surface area contributed by atoms with E-state index in [0.717, 1.165) is 6.54 Å². The summed E-state index contributed by atoms with van der Waals surface area (Å²) in [6.07, 6.45) is 1.57. The molecular formula is C9H12N2O2. The number of carbonyl (C=O) groups is 1. The highest BCUT2D eigenvalue weighted by Gasteiger charge is 2.28. The van der Waals surface area contributed by atoms with Crippen LogP contribution in [0.3, 0.4) is 0 Å². The molecular weight excluding hydrogens is 168 g/mol. The largest absolute Gasteiger partial charge is 0.467 e. The molecule has 0 radical (unpaired) electrons. The van der Waals surface area contributed by atoms with Crippen LogP contribution in [0.2, 0.25) is 0 Å². The van der Waals surface area contributed by atoms with Crippen molar-refractivity contribution in [2.45, 2.75) is 19.0 Å². The first kappa shape index (κ1) is 8.31. The highest BCUT2D eigenvalue weighted by molar-refractivity contribution is 5.83. The summed E-state index contributed by atoms with van der Waals surface area (Å²) in [5.41, 5.74) is 0. The minimum absolute atomic E-state index is 0.0197. The Morgan fingerprint density at radius 1 is 1.62 bits per heavy atom. The number of amides is 1. The summed E-state index contributed by atoms with van der Waals surface area (Å²) in [6, 6.07) is 3.44. The van der Waals surface area contributed by atoms with Crippen LogP contribution in [0.5, 0.6) is 0 Å². The maximum atomic E-state index is 11.5. The Balaban J connectivity index is 2.13. The molecule has 1 aliphatic rings. The zero-order valence-corrected chi connectivity index (χ0v) is 7.41. The molecule has 0 unspecified atom stereocenters. The van der Waals surface area contributed by atoms with Crippen LogP contribution in [0, 0.1) is 0 Å². The van der Waals surface area contributed by atoms with Gasteiger partial charge in [0.1, 0.15) is 11.8 Å². The van der Waals surface area contributed by atoms with Gasteiger partial charge in [0.25, 0.3) is 0 Å². The van der Waals surface area contributed by atoms with Crippen molar-refractivity contribution in [3.63, 3.8) is 0 Å². The van der Waals surface area contributed by atoms with Crippen molar-refractivity contribution in [1.29, 1.82) is 0 Å². The predicted octanol–water partition coefficient (Wildman–Crippen LogP) is 0.429. The molecule has 1 aromatic rings. The molecule has 1 aliphatic heterocycles. The minimum atomic E-state index is -0.328. The minimum Gasteiger partial charge on any atom is -0.467 e. The van der Waals surface area contributed by atoms with Crippen LogP contribution in [-0.4, -0.2) is 18.5 Å². The van der Waals surface area contributed by atoms with Gasteiger partial charge < -0.3 is 9.73 Å². The first-order valence-electron chi connectivity index (χ1n) is 4.34. The second-order valence-electron chi connectivity index (χ2n) is 3.27. The van der Waals surface area contributed by atoms with Crippen LogP contribution in [0.4, 0.5) is 0 Å². The third-order valence-electron chi connectivity index (χ3n) is 2.11. The second-order valence-corrected chi connectivity index (χ2v) is 3.27. The zero-order valence-electron chi connectivity index (χ0n) is 7.41. The smallest absolute Gasteiger partial charge is 0.245 e. The Kier molecular flexibility index (Phi) is 2.06. The second kappa shape index (κ2) is 3.22. The molecule has 2 N–H and O–H groups in total. The Bertz CT molecular complexity index is 295. The van der Waals surface area contributed by atoms with Crippen LogP contribution < -0.4 is 10.6 Å². The Morgan fingerprint density at radius 3 is 3.08 bits per heavy atom. The van der Waals surface area contributed by atoms with Gasteiger partial charge in [-0.1, -0.05) is 0 Å². The van der Waals surface area contributed by atoms with Crippen molar-refractivity contribution in [2.75, 3.05) is 6.54 Å². The van der Waals surface area contributed by atoms with Gasteiger partial charge in [0.15, 0.2) is 0 Å². The quantitative estimate of drug-likeness (QED) is 0.659. The Morgan fingerprint density at radius 2 is 2.46 bits per heavy atom. The van der Waals surface area contributed by atoms with E-state index in [1.165, 1.54) is 0 Å². The van der Waals surface area contributed by atoms with Crippen molar-refractivity contribution in [1.82, 2.24) is 10.6 Å². The molecule has 4 heteroatoms. The fourth-order valence-corrected chi connectivity index (χ4v) is 1.45. The van der Waals surface area contributed by atoms with Gasteiger partial charge in [-0.25, -0.2) is 0 Å². The van der Waals surface area contributed by atoms with Crippen molar-refractivity contribution < 1.29 is 9.21 Å². The van der Waals surface area contributed by atoms with Gasteiger partial charge in [-0.15, -0.1) is 0 Å². The molecule has 13 heavy (non-hydrogen) atoms. The number of carbonyl (C=O) groups excluding carboxylic acids is 1. The first-order chi connectivity index (χ1) is 6.27. The number of furan rings is 1.